The lowest BCUT2D eigenvalue weighted by Crippen LogP contribution is -2.05. The number of nitrogen functional groups attached to an aromatic ring is 1. The van der Waals surface area contributed by atoms with E-state index in [1.165, 1.54) is 0 Å². The average Bonchev–Trinajstić information content (AvgIpc) is 2.39. The van der Waals surface area contributed by atoms with Gasteiger partial charge in [0.05, 0.1) is 12.2 Å². The zero-order chi connectivity index (χ0) is 13.8. The van der Waals surface area contributed by atoms with Crippen LogP contribution in [-0.4, -0.2) is 16.5 Å². The number of halogens is 1. The van der Waals surface area contributed by atoms with Crippen LogP contribution in [0.4, 0.5) is 11.8 Å². The first-order chi connectivity index (χ1) is 9.11. The fourth-order valence-corrected chi connectivity index (χ4v) is 1.90. The van der Waals surface area contributed by atoms with Crippen LogP contribution in [-0.2, 0) is 0 Å². The van der Waals surface area contributed by atoms with E-state index >= 15 is 0 Å². The van der Waals surface area contributed by atoms with Crippen molar-refractivity contribution >= 4 is 23.4 Å². The first-order valence-corrected chi connectivity index (χ1v) is 6.07. The smallest absolute Gasteiger partial charge is 0.222 e. The van der Waals surface area contributed by atoms with Gasteiger partial charge in [0.15, 0.2) is 0 Å². The second-order valence-electron chi connectivity index (χ2n) is 3.97. The Morgan fingerprint density at radius 1 is 1.42 bits per heavy atom. The first-order valence-electron chi connectivity index (χ1n) is 5.69. The molecule has 0 bridgehead atoms. The molecule has 3 N–H and O–H groups in total. The van der Waals surface area contributed by atoms with Crippen LogP contribution < -0.4 is 11.1 Å². The van der Waals surface area contributed by atoms with Gasteiger partial charge in [-0.2, -0.15) is 4.98 Å². The second-order valence-corrected chi connectivity index (χ2v) is 4.37. The molecule has 1 aromatic carbocycles. The molecule has 0 saturated heterocycles. The molecule has 0 unspecified atom stereocenters. The molecule has 0 amide bonds. The van der Waals surface area contributed by atoms with Gasteiger partial charge < -0.3 is 11.1 Å². The van der Waals surface area contributed by atoms with Crippen molar-refractivity contribution in [1.29, 1.82) is 0 Å². The maximum atomic E-state index is 6.11. The van der Waals surface area contributed by atoms with Gasteiger partial charge in [-0.25, -0.2) is 4.98 Å². The average molecular weight is 273 g/mol. The number of rotatable bonds is 3. The molecule has 96 valence electrons. The molecule has 0 fully saturated rings. The van der Waals surface area contributed by atoms with E-state index in [9.17, 15) is 0 Å². The van der Waals surface area contributed by atoms with Crippen molar-refractivity contribution in [2.24, 2.45) is 0 Å². The van der Waals surface area contributed by atoms with Crippen molar-refractivity contribution in [1.82, 2.24) is 9.97 Å². The lowest BCUT2D eigenvalue weighted by atomic mass is 10.1. The second kappa shape index (κ2) is 5.59. The lowest BCUT2D eigenvalue weighted by Gasteiger charge is -2.09. The summed E-state index contributed by atoms with van der Waals surface area (Å²) in [6, 6.07) is 7.44. The third-order valence-corrected chi connectivity index (χ3v) is 3.07. The van der Waals surface area contributed by atoms with Crippen molar-refractivity contribution in [3.05, 3.63) is 34.9 Å². The minimum Gasteiger partial charge on any atom is -0.368 e. The van der Waals surface area contributed by atoms with Gasteiger partial charge in [0.2, 0.25) is 5.95 Å². The molecule has 0 spiro atoms. The van der Waals surface area contributed by atoms with Crippen LogP contribution in [0, 0.1) is 19.3 Å². The van der Waals surface area contributed by atoms with Crippen molar-refractivity contribution in [3.8, 4) is 23.6 Å². The zero-order valence-electron chi connectivity index (χ0n) is 10.4. The van der Waals surface area contributed by atoms with Crippen molar-refractivity contribution < 1.29 is 0 Å². The molecule has 19 heavy (non-hydrogen) atoms. The van der Waals surface area contributed by atoms with E-state index in [1.807, 2.05) is 25.1 Å². The summed E-state index contributed by atoms with van der Waals surface area (Å²) in [6.45, 7) is 2.31. The summed E-state index contributed by atoms with van der Waals surface area (Å²) >= 11 is 6.11. The van der Waals surface area contributed by atoms with E-state index in [4.69, 9.17) is 23.8 Å². The number of terminal acetylenes is 1. The van der Waals surface area contributed by atoms with Crippen LogP contribution in [0.1, 0.15) is 5.56 Å². The Labute approximate surface area is 117 Å². The molecule has 0 radical (unpaired) electrons. The normalized spacial score (nSPS) is 9.95. The van der Waals surface area contributed by atoms with E-state index in [-0.39, 0.29) is 5.95 Å². The van der Waals surface area contributed by atoms with E-state index in [2.05, 4.69) is 21.2 Å². The SMILES string of the molecule is C#CCNc1cc(-c2cccc(Cl)c2C)nc(N)n1. The molecule has 4 nitrogen and oxygen atoms in total. The van der Waals surface area contributed by atoms with Gasteiger partial charge in [-0.1, -0.05) is 29.7 Å². The summed E-state index contributed by atoms with van der Waals surface area (Å²) in [7, 11) is 0. The van der Waals surface area contributed by atoms with Crippen molar-refractivity contribution in [3.63, 3.8) is 0 Å². The maximum Gasteiger partial charge on any atom is 0.222 e. The molecule has 2 rings (SSSR count). The number of nitrogens with one attached hydrogen (secondary N) is 1. The van der Waals surface area contributed by atoms with Gasteiger partial charge in [-0.05, 0) is 18.6 Å². The summed E-state index contributed by atoms with van der Waals surface area (Å²) < 4.78 is 0. The van der Waals surface area contributed by atoms with Crippen LogP contribution in [0.3, 0.4) is 0 Å². The number of nitrogens with zero attached hydrogens (tertiary/aromatic N) is 2. The number of benzene rings is 1. The standard InChI is InChI=1S/C14H13ClN4/c1-3-7-17-13-8-12(18-14(16)19-13)10-5-4-6-11(15)9(10)2/h1,4-6,8H,7H2,2H3,(H3,16,17,18,19). The zero-order valence-corrected chi connectivity index (χ0v) is 11.2. The Balaban J connectivity index is 2.47. The highest BCUT2D eigenvalue weighted by molar-refractivity contribution is 6.31. The molecule has 0 aliphatic heterocycles. The van der Waals surface area contributed by atoms with Gasteiger partial charge in [0.25, 0.3) is 0 Å². The third-order valence-electron chi connectivity index (χ3n) is 2.66. The van der Waals surface area contributed by atoms with E-state index < -0.39 is 0 Å². The predicted molar refractivity (Wildman–Crippen MR) is 79.0 cm³/mol. The van der Waals surface area contributed by atoms with E-state index in [0.717, 1.165) is 11.1 Å². The van der Waals surface area contributed by atoms with Gasteiger partial charge in [0, 0.05) is 16.7 Å². The van der Waals surface area contributed by atoms with Crippen molar-refractivity contribution in [2.75, 3.05) is 17.6 Å². The summed E-state index contributed by atoms with van der Waals surface area (Å²) in [6.07, 6.45) is 5.20. The Morgan fingerprint density at radius 2 is 2.21 bits per heavy atom. The highest BCUT2D eigenvalue weighted by Gasteiger charge is 2.09. The van der Waals surface area contributed by atoms with Crippen LogP contribution >= 0.6 is 11.6 Å². The van der Waals surface area contributed by atoms with Crippen LogP contribution in [0.15, 0.2) is 24.3 Å². The largest absolute Gasteiger partial charge is 0.368 e. The van der Waals surface area contributed by atoms with E-state index in [1.54, 1.807) is 6.07 Å². The third kappa shape index (κ3) is 2.95. The lowest BCUT2D eigenvalue weighted by molar-refractivity contribution is 1.16. The molecule has 5 heteroatoms. The molecule has 2 aromatic rings. The quantitative estimate of drug-likeness (QED) is 0.844. The monoisotopic (exact) mass is 272 g/mol. The van der Waals surface area contributed by atoms with Gasteiger partial charge in [-0.3, -0.25) is 0 Å². The molecule has 1 aromatic heterocycles. The maximum absolute atomic E-state index is 6.11. The van der Waals surface area contributed by atoms with Crippen LogP contribution in [0.25, 0.3) is 11.3 Å². The molecule has 0 atom stereocenters. The Hall–Kier alpha value is -2.25. The topological polar surface area (TPSA) is 63.8 Å². The highest BCUT2D eigenvalue weighted by Crippen LogP contribution is 2.28. The molecule has 0 aliphatic carbocycles. The minimum absolute atomic E-state index is 0.191. The number of aromatic nitrogens is 2. The molecule has 0 aliphatic rings. The highest BCUT2D eigenvalue weighted by atomic mass is 35.5. The van der Waals surface area contributed by atoms with E-state index in [0.29, 0.717) is 23.1 Å². The Bertz CT molecular complexity index is 646. The van der Waals surface area contributed by atoms with Crippen molar-refractivity contribution in [2.45, 2.75) is 6.92 Å². The molecular formula is C14H13ClN4. The number of nitrogens with two attached hydrogens (primary N) is 1. The summed E-state index contributed by atoms with van der Waals surface area (Å²) in [5, 5.41) is 3.67. The molecule has 0 saturated carbocycles. The molecule has 1 heterocycles. The van der Waals surface area contributed by atoms with Crippen LogP contribution in [0.2, 0.25) is 5.02 Å². The van der Waals surface area contributed by atoms with Gasteiger partial charge in [0.1, 0.15) is 5.82 Å². The number of hydrogen-bond acceptors (Lipinski definition) is 4. The Morgan fingerprint density at radius 3 is 2.95 bits per heavy atom. The van der Waals surface area contributed by atoms with Gasteiger partial charge >= 0.3 is 0 Å². The van der Waals surface area contributed by atoms with Gasteiger partial charge in [-0.15, -0.1) is 6.42 Å². The Kier molecular flexibility index (Phi) is 3.88. The minimum atomic E-state index is 0.191. The number of anilines is 2. The summed E-state index contributed by atoms with van der Waals surface area (Å²) in [5.74, 6) is 3.27. The van der Waals surface area contributed by atoms with Crippen LogP contribution in [0.5, 0.6) is 0 Å². The first kappa shape index (κ1) is 13.2. The number of hydrogen-bond donors (Lipinski definition) is 2. The molecular weight excluding hydrogens is 260 g/mol. The summed E-state index contributed by atoms with van der Waals surface area (Å²) in [4.78, 5) is 8.31. The predicted octanol–water partition coefficient (Wildman–Crippen LogP) is 2.73. The summed E-state index contributed by atoms with van der Waals surface area (Å²) in [5.41, 5.74) is 8.30. The fraction of sp³-hybridized carbons (Fsp3) is 0.143. The fourth-order valence-electron chi connectivity index (χ4n) is 1.72.